The van der Waals surface area contributed by atoms with Crippen molar-refractivity contribution in [3.05, 3.63) is 104 Å². The number of aliphatic imine (C=N–C) groups is 1. The van der Waals surface area contributed by atoms with Crippen LogP contribution < -0.4 is 4.74 Å². The zero-order valence-corrected chi connectivity index (χ0v) is 18.1. The van der Waals surface area contributed by atoms with Gasteiger partial charge in [-0.2, -0.15) is 0 Å². The van der Waals surface area contributed by atoms with E-state index in [1.54, 1.807) is 12.1 Å². The van der Waals surface area contributed by atoms with Crippen LogP contribution in [-0.4, -0.2) is 11.9 Å². The Labute approximate surface area is 187 Å². The summed E-state index contributed by atoms with van der Waals surface area (Å²) in [6.07, 6.45) is 1.67. The van der Waals surface area contributed by atoms with Crippen LogP contribution in [0.3, 0.4) is 0 Å². The number of cyclic esters (lactones) is 1. The summed E-state index contributed by atoms with van der Waals surface area (Å²) in [6, 6.07) is 22.9. The van der Waals surface area contributed by atoms with Crippen molar-refractivity contribution in [1.29, 1.82) is 0 Å². The minimum Gasteiger partial charge on any atom is -0.489 e. The zero-order valence-electron chi connectivity index (χ0n) is 15.1. The molecule has 1 aliphatic rings. The van der Waals surface area contributed by atoms with Gasteiger partial charge in [-0.1, -0.05) is 54.1 Å². The van der Waals surface area contributed by atoms with Crippen LogP contribution in [0.4, 0.5) is 0 Å². The highest BCUT2D eigenvalue weighted by Gasteiger charge is 2.25. The first-order valence-electron chi connectivity index (χ1n) is 8.83. The van der Waals surface area contributed by atoms with Crippen LogP contribution in [0.1, 0.15) is 16.7 Å². The topological polar surface area (TPSA) is 47.9 Å². The molecule has 3 aromatic carbocycles. The van der Waals surface area contributed by atoms with Gasteiger partial charge in [0.1, 0.15) is 12.4 Å². The van der Waals surface area contributed by atoms with E-state index in [1.165, 1.54) is 0 Å². The summed E-state index contributed by atoms with van der Waals surface area (Å²) in [5.74, 6) is 0.409. The van der Waals surface area contributed by atoms with E-state index in [9.17, 15) is 4.79 Å². The van der Waals surface area contributed by atoms with E-state index in [1.807, 2.05) is 66.7 Å². The van der Waals surface area contributed by atoms with Gasteiger partial charge in [0.15, 0.2) is 5.70 Å². The number of nitrogens with zero attached hydrogens (tertiary/aromatic N) is 1. The second-order valence-electron chi connectivity index (χ2n) is 6.31. The van der Waals surface area contributed by atoms with Gasteiger partial charge in [0, 0.05) is 3.57 Å². The molecule has 0 unspecified atom stereocenters. The van der Waals surface area contributed by atoms with Gasteiger partial charge in [-0.25, -0.2) is 9.79 Å². The van der Waals surface area contributed by atoms with Crippen LogP contribution in [0.2, 0.25) is 5.02 Å². The van der Waals surface area contributed by atoms with Crippen LogP contribution in [0, 0.1) is 3.57 Å². The summed E-state index contributed by atoms with van der Waals surface area (Å²) < 4.78 is 12.1. The quantitative estimate of drug-likeness (QED) is 0.243. The second kappa shape index (κ2) is 8.80. The maximum atomic E-state index is 12.3. The molecule has 0 aromatic heterocycles. The predicted octanol–water partition coefficient (Wildman–Crippen LogP) is 5.87. The Hall–Kier alpha value is -2.64. The lowest BCUT2D eigenvalue weighted by molar-refractivity contribution is -0.129. The summed E-state index contributed by atoms with van der Waals surface area (Å²) in [6.45, 7) is 0.469. The maximum absolute atomic E-state index is 12.3. The minimum atomic E-state index is -0.509. The Kier molecular flexibility index (Phi) is 5.97. The number of benzene rings is 3. The number of hydrogen-bond donors (Lipinski definition) is 0. The third-order valence-electron chi connectivity index (χ3n) is 4.19. The number of carbonyl (C=O) groups excluding carboxylic acids is 1. The first-order valence-corrected chi connectivity index (χ1v) is 10.3. The highest BCUT2D eigenvalue weighted by molar-refractivity contribution is 14.1. The van der Waals surface area contributed by atoms with E-state index in [0.717, 1.165) is 14.7 Å². The zero-order chi connectivity index (χ0) is 20.2. The average molecular weight is 516 g/mol. The van der Waals surface area contributed by atoms with Crippen molar-refractivity contribution in [3.63, 3.8) is 0 Å². The van der Waals surface area contributed by atoms with E-state index >= 15 is 0 Å². The molecule has 0 N–H and O–H groups in total. The Balaban J connectivity index is 1.55. The van der Waals surface area contributed by atoms with E-state index < -0.39 is 5.97 Å². The third kappa shape index (κ3) is 4.86. The lowest BCUT2D eigenvalue weighted by atomic mass is 10.2. The van der Waals surface area contributed by atoms with Gasteiger partial charge in [-0.3, -0.25) is 0 Å². The first kappa shape index (κ1) is 19.7. The summed E-state index contributed by atoms with van der Waals surface area (Å²) in [5, 5.41) is 0.481. The monoisotopic (exact) mass is 515 g/mol. The molecule has 0 spiro atoms. The van der Waals surface area contributed by atoms with Gasteiger partial charge in [0.25, 0.3) is 0 Å². The van der Waals surface area contributed by atoms with Gasteiger partial charge in [-0.15, -0.1) is 0 Å². The van der Waals surface area contributed by atoms with E-state index in [-0.39, 0.29) is 11.6 Å². The largest absolute Gasteiger partial charge is 0.489 e. The molecular formula is C23H15ClINO3. The fraction of sp³-hybridized carbons (Fsp3) is 0.0435. The highest BCUT2D eigenvalue weighted by atomic mass is 127. The smallest absolute Gasteiger partial charge is 0.363 e. The summed E-state index contributed by atoms with van der Waals surface area (Å²) >= 11 is 8.40. The van der Waals surface area contributed by atoms with Gasteiger partial charge < -0.3 is 9.47 Å². The number of esters is 1. The molecule has 29 heavy (non-hydrogen) atoms. The van der Waals surface area contributed by atoms with Crippen LogP contribution in [-0.2, 0) is 16.1 Å². The van der Waals surface area contributed by atoms with Gasteiger partial charge >= 0.3 is 5.97 Å². The maximum Gasteiger partial charge on any atom is 0.363 e. The molecule has 0 fully saturated rings. The van der Waals surface area contributed by atoms with Crippen molar-refractivity contribution in [2.45, 2.75) is 6.61 Å². The molecule has 0 amide bonds. The van der Waals surface area contributed by atoms with Crippen LogP contribution in [0.15, 0.2) is 83.5 Å². The van der Waals surface area contributed by atoms with Crippen molar-refractivity contribution in [2.75, 3.05) is 0 Å². The Morgan fingerprint density at radius 3 is 2.69 bits per heavy atom. The number of rotatable bonds is 5. The summed E-state index contributed by atoms with van der Waals surface area (Å²) in [4.78, 5) is 16.6. The molecule has 0 atom stereocenters. The first-order chi connectivity index (χ1) is 14.1. The van der Waals surface area contributed by atoms with Gasteiger partial charge in [-0.05, 0) is 70.1 Å². The van der Waals surface area contributed by atoms with E-state index in [4.69, 9.17) is 21.1 Å². The normalized spacial score (nSPS) is 14.6. The fourth-order valence-corrected chi connectivity index (χ4v) is 3.47. The van der Waals surface area contributed by atoms with Crippen molar-refractivity contribution in [1.82, 2.24) is 0 Å². The fourth-order valence-electron chi connectivity index (χ4n) is 2.78. The molecule has 0 radical (unpaired) electrons. The molecule has 144 valence electrons. The average Bonchev–Trinajstić information content (AvgIpc) is 3.09. The van der Waals surface area contributed by atoms with Gasteiger partial charge in [0.2, 0.25) is 5.90 Å². The van der Waals surface area contributed by atoms with Crippen LogP contribution >= 0.6 is 34.2 Å². The standard InChI is InChI=1S/C23H15ClINO3/c24-20-10-9-17(25)13-19(20)22-26-21(23(27)29-22)12-16-7-4-8-18(11-16)28-14-15-5-2-1-3-6-15/h1-13H,14H2/b21-12-. The van der Waals surface area contributed by atoms with E-state index in [2.05, 4.69) is 27.6 Å². The molecule has 1 heterocycles. The highest BCUT2D eigenvalue weighted by Crippen LogP contribution is 2.26. The molecule has 4 nitrogen and oxygen atoms in total. The van der Waals surface area contributed by atoms with E-state index in [0.29, 0.717) is 22.9 Å². The number of hydrogen-bond acceptors (Lipinski definition) is 4. The molecule has 6 heteroatoms. The van der Waals surface area contributed by atoms with Crippen molar-refractivity contribution in [3.8, 4) is 5.75 Å². The van der Waals surface area contributed by atoms with Crippen LogP contribution in [0.25, 0.3) is 6.08 Å². The molecule has 0 saturated heterocycles. The minimum absolute atomic E-state index is 0.209. The predicted molar refractivity (Wildman–Crippen MR) is 122 cm³/mol. The Morgan fingerprint density at radius 1 is 1.03 bits per heavy atom. The molecule has 0 aliphatic carbocycles. The molecular weight excluding hydrogens is 501 g/mol. The summed E-state index contributed by atoms with van der Waals surface area (Å²) in [7, 11) is 0. The Bertz CT molecular complexity index is 1130. The van der Waals surface area contributed by atoms with Crippen molar-refractivity contribution < 1.29 is 14.3 Å². The second-order valence-corrected chi connectivity index (χ2v) is 7.96. The van der Waals surface area contributed by atoms with Crippen molar-refractivity contribution >= 4 is 52.1 Å². The lowest BCUT2D eigenvalue weighted by Gasteiger charge is -2.07. The molecule has 1 aliphatic heterocycles. The SMILES string of the molecule is O=C1OC(c2cc(I)ccc2Cl)=N/C1=C\c1cccc(OCc2ccccc2)c1. The molecule has 0 saturated carbocycles. The lowest BCUT2D eigenvalue weighted by Crippen LogP contribution is -2.06. The molecule has 0 bridgehead atoms. The third-order valence-corrected chi connectivity index (χ3v) is 5.19. The molecule has 3 aromatic rings. The summed E-state index contributed by atoms with van der Waals surface area (Å²) in [5.41, 5.74) is 2.69. The van der Waals surface area contributed by atoms with Gasteiger partial charge in [0.05, 0.1) is 10.6 Å². The van der Waals surface area contributed by atoms with Crippen molar-refractivity contribution in [2.24, 2.45) is 4.99 Å². The Morgan fingerprint density at radius 2 is 1.86 bits per heavy atom. The molecule has 4 rings (SSSR count). The van der Waals surface area contributed by atoms with Crippen LogP contribution in [0.5, 0.6) is 5.75 Å². The number of halogens is 2. The number of carbonyl (C=O) groups is 1. The number of ether oxygens (including phenoxy) is 2.